The molecule has 0 amide bonds. The topological polar surface area (TPSA) is 38.9 Å². The Morgan fingerprint density at radius 3 is 2.73 bits per heavy atom. The van der Waals surface area contributed by atoms with E-state index >= 15 is 0 Å². The summed E-state index contributed by atoms with van der Waals surface area (Å²) >= 11 is 1.52. The average Bonchev–Trinajstić information content (AvgIpc) is 2.50. The second-order valence-electron chi connectivity index (χ2n) is 3.32. The van der Waals surface area contributed by atoms with Crippen LogP contribution in [0.25, 0.3) is 0 Å². The van der Waals surface area contributed by atoms with Crippen LogP contribution in [-0.2, 0) is 6.42 Å². The van der Waals surface area contributed by atoms with Crippen molar-refractivity contribution in [2.45, 2.75) is 13.3 Å². The Labute approximate surface area is 91.6 Å². The van der Waals surface area contributed by atoms with Crippen LogP contribution >= 0.6 is 11.3 Å². The minimum absolute atomic E-state index is 0.191. The number of thiazole rings is 1. The maximum Gasteiger partial charge on any atom is 0.137 e. The van der Waals surface area contributed by atoms with Crippen LogP contribution in [0.4, 0.5) is 10.2 Å². The van der Waals surface area contributed by atoms with E-state index in [1.807, 2.05) is 13.0 Å². The van der Waals surface area contributed by atoms with E-state index in [4.69, 9.17) is 5.73 Å². The molecule has 1 heterocycles. The summed E-state index contributed by atoms with van der Waals surface area (Å²) < 4.78 is 13.3. The molecule has 0 fully saturated rings. The maximum atomic E-state index is 13.3. The van der Waals surface area contributed by atoms with Gasteiger partial charge in [0, 0.05) is 11.3 Å². The van der Waals surface area contributed by atoms with Crippen molar-refractivity contribution in [3.8, 4) is 0 Å². The standard InChI is InChI=1S/C11H11FN2S/c1-7-11(13)14-10(15-7)6-8-4-2-3-5-9(8)12/h2-5H,6,13H2,1H3. The molecule has 1 aromatic carbocycles. The van der Waals surface area contributed by atoms with Gasteiger partial charge in [0.1, 0.15) is 11.6 Å². The number of aromatic nitrogens is 1. The van der Waals surface area contributed by atoms with Crippen molar-refractivity contribution >= 4 is 17.2 Å². The predicted octanol–water partition coefficient (Wildman–Crippen LogP) is 2.76. The molecule has 78 valence electrons. The normalized spacial score (nSPS) is 10.5. The zero-order chi connectivity index (χ0) is 10.8. The number of halogens is 1. The van der Waals surface area contributed by atoms with E-state index in [-0.39, 0.29) is 5.82 Å². The number of anilines is 1. The van der Waals surface area contributed by atoms with Crippen molar-refractivity contribution in [2.24, 2.45) is 0 Å². The minimum atomic E-state index is -0.191. The first-order valence-corrected chi connectivity index (χ1v) is 5.43. The summed E-state index contributed by atoms with van der Waals surface area (Å²) in [5.41, 5.74) is 6.30. The summed E-state index contributed by atoms with van der Waals surface area (Å²) in [4.78, 5) is 5.16. The Balaban J connectivity index is 2.26. The Morgan fingerprint density at radius 1 is 1.40 bits per heavy atom. The van der Waals surface area contributed by atoms with Gasteiger partial charge in [-0.2, -0.15) is 0 Å². The van der Waals surface area contributed by atoms with Gasteiger partial charge in [0.05, 0.1) is 5.01 Å². The average molecular weight is 222 g/mol. The molecular formula is C11H11FN2S. The van der Waals surface area contributed by atoms with Crippen LogP contribution in [0.15, 0.2) is 24.3 Å². The molecule has 0 bridgehead atoms. The molecule has 0 spiro atoms. The van der Waals surface area contributed by atoms with E-state index in [1.54, 1.807) is 12.1 Å². The molecule has 0 aliphatic rings. The molecule has 1 aromatic heterocycles. The molecule has 2 nitrogen and oxygen atoms in total. The largest absolute Gasteiger partial charge is 0.383 e. The monoisotopic (exact) mass is 222 g/mol. The van der Waals surface area contributed by atoms with Crippen molar-refractivity contribution in [3.05, 3.63) is 45.5 Å². The lowest BCUT2D eigenvalue weighted by molar-refractivity contribution is 0.614. The summed E-state index contributed by atoms with van der Waals surface area (Å²) in [5, 5.41) is 0.857. The number of nitrogens with zero attached hydrogens (tertiary/aromatic N) is 1. The highest BCUT2D eigenvalue weighted by atomic mass is 32.1. The fourth-order valence-electron chi connectivity index (χ4n) is 1.35. The van der Waals surface area contributed by atoms with Gasteiger partial charge >= 0.3 is 0 Å². The van der Waals surface area contributed by atoms with Gasteiger partial charge in [-0.1, -0.05) is 18.2 Å². The molecule has 2 rings (SSSR count). The van der Waals surface area contributed by atoms with Crippen LogP contribution in [0.3, 0.4) is 0 Å². The van der Waals surface area contributed by atoms with E-state index in [0.29, 0.717) is 17.8 Å². The first-order chi connectivity index (χ1) is 7.16. The lowest BCUT2D eigenvalue weighted by Gasteiger charge is -1.98. The Hall–Kier alpha value is -1.42. The van der Waals surface area contributed by atoms with Crippen LogP contribution in [0, 0.1) is 12.7 Å². The number of hydrogen-bond donors (Lipinski definition) is 1. The minimum Gasteiger partial charge on any atom is -0.383 e. The molecule has 0 saturated carbocycles. The van der Waals surface area contributed by atoms with Crippen LogP contribution in [0.2, 0.25) is 0 Å². The summed E-state index contributed by atoms with van der Waals surface area (Å²) in [7, 11) is 0. The Kier molecular flexibility index (Phi) is 2.68. The van der Waals surface area contributed by atoms with E-state index in [0.717, 1.165) is 9.88 Å². The highest BCUT2D eigenvalue weighted by Crippen LogP contribution is 2.22. The second kappa shape index (κ2) is 3.98. The van der Waals surface area contributed by atoms with Gasteiger partial charge in [-0.15, -0.1) is 11.3 Å². The lowest BCUT2D eigenvalue weighted by atomic mass is 10.1. The number of nitrogens with two attached hydrogens (primary N) is 1. The number of hydrogen-bond acceptors (Lipinski definition) is 3. The van der Waals surface area contributed by atoms with Crippen molar-refractivity contribution in [1.82, 2.24) is 4.98 Å². The second-order valence-corrected chi connectivity index (χ2v) is 4.60. The lowest BCUT2D eigenvalue weighted by Crippen LogP contribution is -1.92. The maximum absolute atomic E-state index is 13.3. The van der Waals surface area contributed by atoms with Crippen LogP contribution in [0.5, 0.6) is 0 Å². The molecular weight excluding hydrogens is 211 g/mol. The van der Waals surface area contributed by atoms with Gasteiger partial charge < -0.3 is 5.73 Å². The number of benzene rings is 1. The summed E-state index contributed by atoms with van der Waals surface area (Å²) in [5.74, 6) is 0.357. The predicted molar refractivity (Wildman–Crippen MR) is 60.5 cm³/mol. The van der Waals surface area contributed by atoms with E-state index in [2.05, 4.69) is 4.98 Å². The van der Waals surface area contributed by atoms with Crippen molar-refractivity contribution in [3.63, 3.8) is 0 Å². The molecule has 2 N–H and O–H groups in total. The van der Waals surface area contributed by atoms with E-state index in [9.17, 15) is 4.39 Å². The third-order valence-electron chi connectivity index (χ3n) is 2.18. The summed E-state index contributed by atoms with van der Waals surface area (Å²) in [6, 6.07) is 6.73. The number of nitrogen functional groups attached to an aromatic ring is 1. The van der Waals surface area contributed by atoms with Crippen molar-refractivity contribution in [2.75, 3.05) is 5.73 Å². The quantitative estimate of drug-likeness (QED) is 0.848. The van der Waals surface area contributed by atoms with Crippen LogP contribution in [0.1, 0.15) is 15.4 Å². The third-order valence-corrected chi connectivity index (χ3v) is 3.16. The Bertz CT molecular complexity index is 460. The molecule has 15 heavy (non-hydrogen) atoms. The first kappa shape index (κ1) is 10.1. The fourth-order valence-corrected chi connectivity index (χ4v) is 2.22. The fraction of sp³-hybridized carbons (Fsp3) is 0.182. The smallest absolute Gasteiger partial charge is 0.137 e. The van der Waals surface area contributed by atoms with Gasteiger partial charge in [-0.25, -0.2) is 9.37 Å². The van der Waals surface area contributed by atoms with Crippen LogP contribution < -0.4 is 5.73 Å². The van der Waals surface area contributed by atoms with Crippen molar-refractivity contribution < 1.29 is 4.39 Å². The zero-order valence-electron chi connectivity index (χ0n) is 8.33. The zero-order valence-corrected chi connectivity index (χ0v) is 9.14. The first-order valence-electron chi connectivity index (χ1n) is 4.62. The molecule has 4 heteroatoms. The SMILES string of the molecule is Cc1sc(Cc2ccccc2F)nc1N. The Morgan fingerprint density at radius 2 is 2.13 bits per heavy atom. The molecule has 0 saturated heterocycles. The molecule has 0 aliphatic heterocycles. The van der Waals surface area contributed by atoms with Gasteiger partial charge in [-0.05, 0) is 18.6 Å². The molecule has 0 radical (unpaired) electrons. The van der Waals surface area contributed by atoms with Gasteiger partial charge in [-0.3, -0.25) is 0 Å². The van der Waals surface area contributed by atoms with Crippen LogP contribution in [-0.4, -0.2) is 4.98 Å². The van der Waals surface area contributed by atoms with E-state index in [1.165, 1.54) is 17.4 Å². The van der Waals surface area contributed by atoms with E-state index < -0.39 is 0 Å². The van der Waals surface area contributed by atoms with Gasteiger partial charge in [0.2, 0.25) is 0 Å². The molecule has 0 unspecified atom stereocenters. The van der Waals surface area contributed by atoms with Gasteiger partial charge in [0.15, 0.2) is 0 Å². The molecule has 2 aromatic rings. The van der Waals surface area contributed by atoms with Crippen molar-refractivity contribution in [1.29, 1.82) is 0 Å². The highest BCUT2D eigenvalue weighted by Gasteiger charge is 2.07. The molecule has 0 aliphatic carbocycles. The molecule has 0 atom stereocenters. The summed E-state index contributed by atoms with van der Waals surface area (Å²) in [6.07, 6.45) is 0.509. The number of aryl methyl sites for hydroxylation is 1. The third kappa shape index (κ3) is 2.15. The summed E-state index contributed by atoms with van der Waals surface area (Å²) in [6.45, 7) is 1.91. The highest BCUT2D eigenvalue weighted by molar-refractivity contribution is 7.12. The number of rotatable bonds is 2. The van der Waals surface area contributed by atoms with Gasteiger partial charge in [0.25, 0.3) is 0 Å².